The predicted molar refractivity (Wildman–Crippen MR) is 71.1 cm³/mol. The lowest BCUT2D eigenvalue weighted by Gasteiger charge is -2.05. The first kappa shape index (κ1) is 13.4. The second-order valence-corrected chi connectivity index (χ2v) is 5.64. The van der Waals surface area contributed by atoms with Gasteiger partial charge in [-0.25, -0.2) is 0 Å². The van der Waals surface area contributed by atoms with Crippen molar-refractivity contribution in [1.82, 2.24) is 5.32 Å². The molecule has 0 aliphatic carbocycles. The van der Waals surface area contributed by atoms with Crippen LogP contribution in [0.1, 0.15) is 25.0 Å². The van der Waals surface area contributed by atoms with E-state index in [9.17, 15) is 4.21 Å². The van der Waals surface area contributed by atoms with Crippen molar-refractivity contribution < 1.29 is 4.21 Å². The molecule has 0 aliphatic rings. The molecule has 1 aromatic rings. The van der Waals surface area contributed by atoms with Crippen molar-refractivity contribution in [2.24, 2.45) is 0 Å². The van der Waals surface area contributed by atoms with Crippen molar-refractivity contribution in [2.75, 3.05) is 18.1 Å². The Balaban J connectivity index is 2.24. The fraction of sp³-hybridized carbons (Fsp3) is 0.538. The minimum atomic E-state index is -0.652. The summed E-state index contributed by atoms with van der Waals surface area (Å²) in [5.74, 6) is 1.51. The largest absolute Gasteiger partial charge is 0.312 e. The minimum absolute atomic E-state index is 0.652. The van der Waals surface area contributed by atoms with Crippen LogP contribution in [0.3, 0.4) is 0 Å². The van der Waals surface area contributed by atoms with Gasteiger partial charge in [0.05, 0.1) is 0 Å². The summed E-state index contributed by atoms with van der Waals surface area (Å²) in [5, 5.41) is 3.31. The Hall–Kier alpha value is -0.670. The van der Waals surface area contributed by atoms with Gasteiger partial charge in [-0.2, -0.15) is 0 Å². The molecular weight excluding hydrogens is 218 g/mol. The number of hydrogen-bond acceptors (Lipinski definition) is 2. The number of aryl methyl sites for hydroxylation is 1. The van der Waals surface area contributed by atoms with Gasteiger partial charge in [0.15, 0.2) is 0 Å². The highest BCUT2D eigenvalue weighted by Gasteiger charge is 1.96. The normalized spacial score (nSPS) is 12.6. The third-order valence-electron chi connectivity index (χ3n) is 2.59. The number of rotatable bonds is 7. The van der Waals surface area contributed by atoms with Gasteiger partial charge in [-0.05, 0) is 17.5 Å². The molecule has 1 atom stereocenters. The molecule has 0 spiro atoms. The van der Waals surface area contributed by atoms with E-state index in [2.05, 4.69) is 36.5 Å². The van der Waals surface area contributed by atoms with E-state index < -0.39 is 10.8 Å². The molecule has 0 bridgehead atoms. The van der Waals surface area contributed by atoms with Crippen LogP contribution in [0.15, 0.2) is 24.3 Å². The fourth-order valence-electron chi connectivity index (χ4n) is 1.46. The molecule has 0 fully saturated rings. The maximum Gasteiger partial charge on any atom is 0.0360 e. The Labute approximate surface area is 101 Å². The lowest BCUT2D eigenvalue weighted by Crippen LogP contribution is -2.20. The molecule has 0 heterocycles. The van der Waals surface area contributed by atoms with Gasteiger partial charge in [0.25, 0.3) is 0 Å². The van der Waals surface area contributed by atoms with Gasteiger partial charge in [-0.15, -0.1) is 0 Å². The standard InChI is InChI=1S/C13H21NOS/c1-3-12-5-7-13(8-6-12)11-14-9-10-16(15)4-2/h5-8,14H,3-4,9-11H2,1-2H3. The van der Waals surface area contributed by atoms with Crippen molar-refractivity contribution >= 4 is 10.8 Å². The summed E-state index contributed by atoms with van der Waals surface area (Å²) < 4.78 is 11.2. The molecule has 90 valence electrons. The summed E-state index contributed by atoms with van der Waals surface area (Å²) in [6, 6.07) is 8.65. The SMILES string of the molecule is CCc1ccc(CNCCS(=O)CC)cc1. The van der Waals surface area contributed by atoms with Gasteiger partial charge < -0.3 is 5.32 Å². The van der Waals surface area contributed by atoms with Crippen molar-refractivity contribution in [3.63, 3.8) is 0 Å². The van der Waals surface area contributed by atoms with Crippen LogP contribution in [-0.2, 0) is 23.8 Å². The molecule has 0 amide bonds. The Bertz CT molecular complexity index is 321. The zero-order chi connectivity index (χ0) is 11.8. The summed E-state index contributed by atoms with van der Waals surface area (Å²) >= 11 is 0. The molecule has 1 N–H and O–H groups in total. The topological polar surface area (TPSA) is 29.1 Å². The van der Waals surface area contributed by atoms with Gasteiger partial charge in [0.1, 0.15) is 0 Å². The highest BCUT2D eigenvalue weighted by molar-refractivity contribution is 7.84. The molecule has 16 heavy (non-hydrogen) atoms. The van der Waals surface area contributed by atoms with E-state index in [1.54, 1.807) is 0 Å². The van der Waals surface area contributed by atoms with E-state index >= 15 is 0 Å². The van der Waals surface area contributed by atoms with Gasteiger partial charge >= 0.3 is 0 Å². The molecule has 0 aromatic heterocycles. The van der Waals surface area contributed by atoms with E-state index in [0.717, 1.165) is 31.0 Å². The van der Waals surface area contributed by atoms with E-state index in [0.29, 0.717) is 0 Å². The molecular formula is C13H21NOS. The first-order valence-electron chi connectivity index (χ1n) is 5.89. The zero-order valence-corrected chi connectivity index (χ0v) is 11.0. The van der Waals surface area contributed by atoms with Gasteiger partial charge in [0, 0.05) is 35.4 Å². The van der Waals surface area contributed by atoms with Crippen molar-refractivity contribution in [3.05, 3.63) is 35.4 Å². The summed E-state index contributed by atoms with van der Waals surface area (Å²) in [7, 11) is -0.652. The highest BCUT2D eigenvalue weighted by Crippen LogP contribution is 2.04. The molecule has 1 rings (SSSR count). The van der Waals surface area contributed by atoms with Crippen molar-refractivity contribution in [2.45, 2.75) is 26.8 Å². The maximum atomic E-state index is 11.2. The average molecular weight is 239 g/mol. The van der Waals surface area contributed by atoms with E-state index in [-0.39, 0.29) is 0 Å². The Morgan fingerprint density at radius 2 is 1.75 bits per heavy atom. The highest BCUT2D eigenvalue weighted by atomic mass is 32.2. The molecule has 0 aliphatic heterocycles. The third kappa shape index (κ3) is 4.90. The van der Waals surface area contributed by atoms with Crippen LogP contribution >= 0.6 is 0 Å². The summed E-state index contributed by atoms with van der Waals surface area (Å²) in [6.45, 7) is 5.81. The summed E-state index contributed by atoms with van der Waals surface area (Å²) in [4.78, 5) is 0. The number of nitrogens with one attached hydrogen (secondary N) is 1. The van der Waals surface area contributed by atoms with E-state index in [1.807, 2.05) is 6.92 Å². The lowest BCUT2D eigenvalue weighted by molar-refractivity contribution is 0.674. The van der Waals surface area contributed by atoms with Crippen LogP contribution in [0, 0.1) is 0 Å². The fourth-order valence-corrected chi connectivity index (χ4v) is 2.12. The maximum absolute atomic E-state index is 11.2. The van der Waals surface area contributed by atoms with Crippen LogP contribution in [-0.4, -0.2) is 22.3 Å². The molecule has 0 saturated heterocycles. The molecule has 0 saturated carbocycles. The monoisotopic (exact) mass is 239 g/mol. The Morgan fingerprint density at radius 3 is 2.31 bits per heavy atom. The van der Waals surface area contributed by atoms with Crippen LogP contribution in [0.2, 0.25) is 0 Å². The summed E-state index contributed by atoms with van der Waals surface area (Å²) in [5.41, 5.74) is 2.66. The van der Waals surface area contributed by atoms with Gasteiger partial charge in [-0.3, -0.25) is 4.21 Å². The molecule has 0 radical (unpaired) electrons. The second-order valence-electron chi connectivity index (χ2n) is 3.78. The predicted octanol–water partition coefficient (Wildman–Crippen LogP) is 2.11. The van der Waals surface area contributed by atoms with Crippen LogP contribution in [0.25, 0.3) is 0 Å². The molecule has 1 unspecified atom stereocenters. The number of benzene rings is 1. The first-order valence-corrected chi connectivity index (χ1v) is 7.38. The van der Waals surface area contributed by atoms with Crippen LogP contribution in [0.5, 0.6) is 0 Å². The van der Waals surface area contributed by atoms with Crippen molar-refractivity contribution in [1.29, 1.82) is 0 Å². The quantitative estimate of drug-likeness (QED) is 0.738. The molecule has 3 heteroatoms. The Morgan fingerprint density at radius 1 is 1.12 bits per heavy atom. The smallest absolute Gasteiger partial charge is 0.0360 e. The van der Waals surface area contributed by atoms with E-state index in [1.165, 1.54) is 11.1 Å². The van der Waals surface area contributed by atoms with Crippen LogP contribution in [0.4, 0.5) is 0 Å². The van der Waals surface area contributed by atoms with Crippen molar-refractivity contribution in [3.8, 4) is 0 Å². The molecule has 1 aromatic carbocycles. The summed E-state index contributed by atoms with van der Waals surface area (Å²) in [6.07, 6.45) is 1.09. The van der Waals surface area contributed by atoms with Gasteiger partial charge in [0.2, 0.25) is 0 Å². The minimum Gasteiger partial charge on any atom is -0.312 e. The average Bonchev–Trinajstić information content (AvgIpc) is 2.35. The lowest BCUT2D eigenvalue weighted by atomic mass is 10.1. The zero-order valence-electron chi connectivity index (χ0n) is 10.2. The Kier molecular flexibility index (Phi) is 6.34. The van der Waals surface area contributed by atoms with Gasteiger partial charge in [-0.1, -0.05) is 38.1 Å². The first-order chi connectivity index (χ1) is 7.76. The third-order valence-corrected chi connectivity index (χ3v) is 3.89. The van der Waals surface area contributed by atoms with Crippen LogP contribution < -0.4 is 5.32 Å². The second kappa shape index (κ2) is 7.58. The number of hydrogen-bond donors (Lipinski definition) is 1. The van der Waals surface area contributed by atoms with E-state index in [4.69, 9.17) is 0 Å². The molecule has 2 nitrogen and oxygen atoms in total.